The number of piperazine rings is 1. The highest BCUT2D eigenvalue weighted by molar-refractivity contribution is 7.50. The van der Waals surface area contributed by atoms with Crippen LogP contribution in [0.2, 0.25) is 0 Å². The lowest BCUT2D eigenvalue weighted by molar-refractivity contribution is -0.137. The minimum atomic E-state index is -4.78. The zero-order chi connectivity index (χ0) is 31.2. The number of anilines is 5. The van der Waals surface area contributed by atoms with Gasteiger partial charge in [0.2, 0.25) is 5.95 Å². The number of fused-ring (bicyclic) bond motifs is 2. The molecule has 4 N–H and O–H groups in total. The van der Waals surface area contributed by atoms with Gasteiger partial charge >= 0.3 is 13.8 Å². The number of aromatic nitrogens is 2. The van der Waals surface area contributed by atoms with Gasteiger partial charge in [0.05, 0.1) is 36.7 Å². The zero-order valence-electron chi connectivity index (χ0n) is 23.7. The Morgan fingerprint density at radius 2 is 1.86 bits per heavy atom. The van der Waals surface area contributed by atoms with E-state index in [4.69, 9.17) is 4.74 Å². The first kappa shape index (κ1) is 30.3. The summed E-state index contributed by atoms with van der Waals surface area (Å²) < 4.78 is 59.1. The molecule has 3 aromatic rings. The summed E-state index contributed by atoms with van der Waals surface area (Å²) in [6.45, 7) is 4.85. The second-order valence-electron chi connectivity index (χ2n) is 11.1. The third-order valence-electron chi connectivity index (χ3n) is 7.97. The Hall–Kier alpha value is -3.75. The minimum absolute atomic E-state index is 0.146. The lowest BCUT2D eigenvalue weighted by Crippen LogP contribution is -2.58. The van der Waals surface area contributed by atoms with E-state index < -0.39 is 31.3 Å². The van der Waals surface area contributed by atoms with Crippen LogP contribution in [0.15, 0.2) is 42.6 Å². The monoisotopic (exact) mass is 633 g/mol. The van der Waals surface area contributed by atoms with E-state index in [0.29, 0.717) is 42.8 Å². The number of rotatable bonds is 7. The molecule has 0 bridgehead atoms. The second kappa shape index (κ2) is 11.6. The fourth-order valence-electron chi connectivity index (χ4n) is 5.84. The summed E-state index contributed by atoms with van der Waals surface area (Å²) in [6.07, 6.45) is -4.56. The molecular weight excluding hydrogens is 602 g/mol. The first-order valence-electron chi connectivity index (χ1n) is 14.0. The molecule has 0 aliphatic carbocycles. The number of ether oxygens (including phenoxy) is 1. The Morgan fingerprint density at radius 1 is 1.09 bits per heavy atom. The largest absolute Gasteiger partial charge is 0.421 e. The summed E-state index contributed by atoms with van der Waals surface area (Å²) >= 11 is 0. The smallest absolute Gasteiger partial charge is 0.378 e. The number of halogens is 3. The number of carbonyl (C=O) groups excluding carboxylic acids is 1. The van der Waals surface area contributed by atoms with Crippen LogP contribution in [0.25, 0.3) is 0 Å². The van der Waals surface area contributed by atoms with Gasteiger partial charge in [0.25, 0.3) is 5.91 Å². The van der Waals surface area contributed by atoms with Gasteiger partial charge < -0.3 is 35.0 Å². The molecule has 3 aliphatic heterocycles. The van der Waals surface area contributed by atoms with Crippen LogP contribution < -0.4 is 15.5 Å². The molecule has 4 heterocycles. The summed E-state index contributed by atoms with van der Waals surface area (Å²) in [5.41, 5.74) is 1.80. The average Bonchev–Trinajstić information content (AvgIpc) is 3.27. The van der Waals surface area contributed by atoms with Crippen LogP contribution >= 0.6 is 7.60 Å². The maximum Gasteiger partial charge on any atom is 0.421 e. The molecule has 3 aliphatic rings. The standard InChI is InChI=1S/C28H31F3N7O5P/c1-36-14-20-23(38-9-8-37-10-11-43-15-19(37)13-38)7-6-22(24(20)26(36)39)34-25-21(28(29,30)31)12-32-27(35-25)33-18-4-2-17(3-5-18)16-44(40,41)42/h2-7,12,19H,8-11,13-16H2,1H3,(H2,40,41,42)(H2,32,33,34,35). The van der Waals surface area contributed by atoms with E-state index in [1.807, 2.05) is 6.07 Å². The van der Waals surface area contributed by atoms with Gasteiger partial charge in [-0.1, -0.05) is 12.1 Å². The first-order valence-corrected chi connectivity index (χ1v) is 15.8. The first-order chi connectivity index (χ1) is 20.9. The number of benzene rings is 2. The molecule has 2 saturated heterocycles. The number of carbonyl (C=O) groups is 1. The van der Waals surface area contributed by atoms with Crippen molar-refractivity contribution in [3.05, 3.63) is 64.8 Å². The van der Waals surface area contributed by atoms with Crippen LogP contribution in [-0.4, -0.2) is 87.9 Å². The van der Waals surface area contributed by atoms with Crippen molar-refractivity contribution in [3.63, 3.8) is 0 Å². The number of hydrogen-bond acceptors (Lipinski definition) is 9. The van der Waals surface area contributed by atoms with Gasteiger partial charge in [-0.05, 0) is 29.8 Å². The van der Waals surface area contributed by atoms with Crippen molar-refractivity contribution >= 4 is 42.3 Å². The molecule has 2 aromatic carbocycles. The molecule has 0 spiro atoms. The Labute approximate surface area is 251 Å². The normalized spacial score (nSPS) is 19.1. The van der Waals surface area contributed by atoms with Crippen LogP contribution in [0.1, 0.15) is 27.0 Å². The fraction of sp³-hybridized carbons (Fsp3) is 0.393. The number of hydrogen-bond donors (Lipinski definition) is 4. The number of morpholine rings is 1. The van der Waals surface area contributed by atoms with Crippen LogP contribution in [0.3, 0.4) is 0 Å². The van der Waals surface area contributed by atoms with E-state index in [1.54, 1.807) is 13.1 Å². The SMILES string of the molecule is CN1Cc2c(N3CCN4CCOCC4C3)ccc(Nc3nc(Nc4ccc(CP(=O)(O)O)cc4)ncc3C(F)(F)F)c2C1=O. The molecule has 1 aromatic heterocycles. The predicted molar refractivity (Wildman–Crippen MR) is 156 cm³/mol. The molecule has 12 nitrogen and oxygen atoms in total. The van der Waals surface area contributed by atoms with Crippen molar-refractivity contribution in [2.75, 3.05) is 62.0 Å². The van der Waals surface area contributed by atoms with Crippen LogP contribution in [0.5, 0.6) is 0 Å². The van der Waals surface area contributed by atoms with Crippen molar-refractivity contribution in [2.24, 2.45) is 0 Å². The van der Waals surface area contributed by atoms with E-state index in [9.17, 15) is 32.3 Å². The van der Waals surface area contributed by atoms with Gasteiger partial charge in [-0.2, -0.15) is 18.2 Å². The van der Waals surface area contributed by atoms with E-state index in [0.717, 1.165) is 37.4 Å². The summed E-state index contributed by atoms with van der Waals surface area (Å²) in [7, 11) is -2.60. The summed E-state index contributed by atoms with van der Waals surface area (Å²) in [5, 5.41) is 5.60. The summed E-state index contributed by atoms with van der Waals surface area (Å²) in [5.74, 6) is -0.980. The van der Waals surface area contributed by atoms with Gasteiger partial charge in [-0.15, -0.1) is 0 Å². The fourth-order valence-corrected chi connectivity index (χ4v) is 6.53. The maximum absolute atomic E-state index is 14.0. The van der Waals surface area contributed by atoms with Gasteiger partial charge in [-0.25, -0.2) is 4.98 Å². The van der Waals surface area contributed by atoms with Crippen molar-refractivity contribution in [1.29, 1.82) is 0 Å². The zero-order valence-corrected chi connectivity index (χ0v) is 24.6. The van der Waals surface area contributed by atoms with E-state index in [1.165, 1.54) is 29.2 Å². The highest BCUT2D eigenvalue weighted by atomic mass is 31.2. The molecule has 0 radical (unpaired) electrons. The molecule has 0 saturated carbocycles. The Kier molecular flexibility index (Phi) is 8.01. The van der Waals surface area contributed by atoms with E-state index in [-0.39, 0.29) is 23.6 Å². The number of nitrogens with zero attached hydrogens (tertiary/aromatic N) is 5. The molecule has 2 fully saturated rings. The lowest BCUT2D eigenvalue weighted by Gasteiger charge is -2.45. The van der Waals surface area contributed by atoms with Gasteiger partial charge in [-0.3, -0.25) is 14.3 Å². The van der Waals surface area contributed by atoms with Crippen molar-refractivity contribution < 1.29 is 37.1 Å². The number of nitrogens with one attached hydrogen (secondary N) is 2. The summed E-state index contributed by atoms with van der Waals surface area (Å²) in [4.78, 5) is 45.7. The molecule has 1 atom stereocenters. The molecule has 234 valence electrons. The lowest BCUT2D eigenvalue weighted by atomic mass is 10.0. The third kappa shape index (κ3) is 6.37. The molecular formula is C28H31F3N7O5P. The Morgan fingerprint density at radius 3 is 2.59 bits per heavy atom. The van der Waals surface area contributed by atoms with Crippen molar-refractivity contribution in [1.82, 2.24) is 19.8 Å². The quantitative estimate of drug-likeness (QED) is 0.283. The van der Waals surface area contributed by atoms with E-state index in [2.05, 4.69) is 30.4 Å². The molecule has 6 rings (SSSR count). The highest BCUT2D eigenvalue weighted by Crippen LogP contribution is 2.41. The van der Waals surface area contributed by atoms with Crippen molar-refractivity contribution in [3.8, 4) is 0 Å². The molecule has 1 unspecified atom stereocenters. The topological polar surface area (TPSA) is 143 Å². The molecule has 44 heavy (non-hydrogen) atoms. The maximum atomic E-state index is 14.0. The van der Waals surface area contributed by atoms with Crippen LogP contribution in [-0.2, 0) is 28.2 Å². The average molecular weight is 634 g/mol. The van der Waals surface area contributed by atoms with Crippen molar-refractivity contribution in [2.45, 2.75) is 24.9 Å². The summed E-state index contributed by atoms with van der Waals surface area (Å²) in [6, 6.07) is 9.67. The van der Waals surface area contributed by atoms with Gasteiger partial charge in [0.15, 0.2) is 0 Å². The molecule has 1 amide bonds. The minimum Gasteiger partial charge on any atom is -0.378 e. The number of amides is 1. The van der Waals surface area contributed by atoms with Crippen LogP contribution in [0.4, 0.5) is 42.0 Å². The second-order valence-corrected chi connectivity index (χ2v) is 12.7. The Balaban J connectivity index is 1.30. The van der Waals surface area contributed by atoms with Gasteiger partial charge in [0.1, 0.15) is 11.4 Å². The predicted octanol–water partition coefficient (Wildman–Crippen LogP) is 3.77. The third-order valence-corrected chi connectivity index (χ3v) is 8.75. The van der Waals surface area contributed by atoms with E-state index >= 15 is 0 Å². The highest BCUT2D eigenvalue weighted by Gasteiger charge is 2.38. The Bertz CT molecular complexity index is 1620. The molecule has 16 heteroatoms. The van der Waals surface area contributed by atoms with Gasteiger partial charge in [0, 0.05) is 62.9 Å². The number of alkyl halides is 3. The van der Waals surface area contributed by atoms with Crippen LogP contribution in [0, 0.1) is 0 Å².